The molecule has 0 radical (unpaired) electrons. The van der Waals surface area contributed by atoms with Gasteiger partial charge in [-0.05, 0) is 30.7 Å². The molecule has 1 aromatic carbocycles. The minimum absolute atomic E-state index is 0.579. The molecule has 144 valence electrons. The van der Waals surface area contributed by atoms with Crippen LogP contribution in [0.3, 0.4) is 0 Å². The van der Waals surface area contributed by atoms with E-state index in [0.29, 0.717) is 12.0 Å². The van der Waals surface area contributed by atoms with Gasteiger partial charge in [0.05, 0.1) is 6.33 Å². The molecular formula is C24H38N2. The molecule has 0 aliphatic heterocycles. The molecule has 0 spiro atoms. The summed E-state index contributed by atoms with van der Waals surface area (Å²) in [5, 5.41) is 0. The van der Waals surface area contributed by atoms with Crippen LogP contribution in [0.5, 0.6) is 0 Å². The Morgan fingerprint density at radius 3 is 2.27 bits per heavy atom. The molecule has 0 saturated heterocycles. The van der Waals surface area contributed by atoms with Gasteiger partial charge in [-0.15, -0.1) is 0 Å². The molecule has 1 heterocycles. The van der Waals surface area contributed by atoms with Gasteiger partial charge in [0.1, 0.15) is 0 Å². The fourth-order valence-electron chi connectivity index (χ4n) is 4.04. The molecule has 2 atom stereocenters. The average molecular weight is 355 g/mol. The molecule has 1 aromatic heterocycles. The lowest BCUT2D eigenvalue weighted by molar-refractivity contribution is 0.277. The fraction of sp³-hybridized carbons (Fsp3) is 0.625. The van der Waals surface area contributed by atoms with Gasteiger partial charge in [0.15, 0.2) is 0 Å². The number of imidazole rings is 1. The highest BCUT2D eigenvalue weighted by molar-refractivity contribution is 5.15. The zero-order valence-electron chi connectivity index (χ0n) is 16.9. The van der Waals surface area contributed by atoms with Crippen molar-refractivity contribution in [1.29, 1.82) is 0 Å². The van der Waals surface area contributed by atoms with Crippen LogP contribution in [0.15, 0.2) is 49.1 Å². The van der Waals surface area contributed by atoms with Crippen LogP contribution >= 0.6 is 0 Å². The summed E-state index contributed by atoms with van der Waals surface area (Å²) < 4.78 is 2.38. The third kappa shape index (κ3) is 7.35. The molecule has 2 heteroatoms. The molecule has 0 N–H and O–H groups in total. The number of hydrogen-bond acceptors (Lipinski definition) is 1. The van der Waals surface area contributed by atoms with Gasteiger partial charge in [-0.2, -0.15) is 0 Å². The molecule has 0 amide bonds. The maximum Gasteiger partial charge on any atom is 0.0948 e. The van der Waals surface area contributed by atoms with Crippen molar-refractivity contribution in [3.63, 3.8) is 0 Å². The van der Waals surface area contributed by atoms with Crippen molar-refractivity contribution in [2.24, 2.45) is 5.92 Å². The Bertz CT molecular complexity index is 547. The molecule has 0 aliphatic rings. The van der Waals surface area contributed by atoms with Crippen LogP contribution in [-0.2, 0) is 6.42 Å². The second-order valence-electron chi connectivity index (χ2n) is 7.73. The van der Waals surface area contributed by atoms with Crippen molar-refractivity contribution < 1.29 is 0 Å². The topological polar surface area (TPSA) is 17.8 Å². The number of nitrogens with zero attached hydrogens (tertiary/aromatic N) is 2. The number of benzene rings is 1. The zero-order valence-corrected chi connectivity index (χ0v) is 16.9. The first kappa shape index (κ1) is 20.7. The van der Waals surface area contributed by atoms with E-state index >= 15 is 0 Å². The maximum absolute atomic E-state index is 4.34. The van der Waals surface area contributed by atoms with Crippen LogP contribution in [0, 0.1) is 5.92 Å². The van der Waals surface area contributed by atoms with Crippen molar-refractivity contribution in [1.82, 2.24) is 9.55 Å². The Kier molecular flexibility index (Phi) is 10.2. The number of aromatic nitrogens is 2. The van der Waals surface area contributed by atoms with E-state index in [1.54, 1.807) is 0 Å². The van der Waals surface area contributed by atoms with Crippen LogP contribution in [0.2, 0.25) is 0 Å². The third-order valence-electron chi connectivity index (χ3n) is 5.57. The molecule has 26 heavy (non-hydrogen) atoms. The number of hydrogen-bond donors (Lipinski definition) is 0. The Morgan fingerprint density at radius 2 is 1.58 bits per heavy atom. The predicted molar refractivity (Wildman–Crippen MR) is 112 cm³/mol. The second-order valence-corrected chi connectivity index (χ2v) is 7.73. The fourth-order valence-corrected chi connectivity index (χ4v) is 4.04. The van der Waals surface area contributed by atoms with Gasteiger partial charge in [0.2, 0.25) is 0 Å². The lowest BCUT2D eigenvalue weighted by atomic mass is 9.85. The zero-order chi connectivity index (χ0) is 18.5. The van der Waals surface area contributed by atoms with Crippen molar-refractivity contribution in [2.75, 3.05) is 0 Å². The van der Waals surface area contributed by atoms with Crippen LogP contribution < -0.4 is 0 Å². The monoisotopic (exact) mass is 354 g/mol. The molecule has 2 nitrogen and oxygen atoms in total. The van der Waals surface area contributed by atoms with E-state index in [4.69, 9.17) is 0 Å². The highest BCUT2D eigenvalue weighted by atomic mass is 15.1. The molecular weight excluding hydrogens is 316 g/mol. The van der Waals surface area contributed by atoms with Crippen LogP contribution in [0.4, 0.5) is 0 Å². The van der Waals surface area contributed by atoms with E-state index in [1.165, 1.54) is 76.2 Å². The Balaban J connectivity index is 2.00. The minimum atomic E-state index is 0.579. The lowest BCUT2D eigenvalue weighted by Gasteiger charge is -2.29. The number of unbranched alkanes of at least 4 members (excludes halogenated alkanes) is 6. The van der Waals surface area contributed by atoms with E-state index in [1.807, 2.05) is 12.5 Å². The standard InChI is InChI=1S/C24H38N2/c1-3-5-7-8-9-13-17-24(26-19-18-25-21-26)23(16-6-4-2)20-22-14-11-10-12-15-22/h10-12,14-15,18-19,21,23-24H,3-9,13,16-17,20H2,1-2H3. The normalized spacial score (nSPS) is 13.6. The SMILES string of the molecule is CCCCCCCCC(C(CCCC)Cc1ccccc1)n1ccnc1. The minimum Gasteiger partial charge on any atom is -0.334 e. The summed E-state index contributed by atoms with van der Waals surface area (Å²) in [4.78, 5) is 4.34. The summed E-state index contributed by atoms with van der Waals surface area (Å²) in [6.07, 6.45) is 20.7. The van der Waals surface area contributed by atoms with Crippen LogP contribution in [0.25, 0.3) is 0 Å². The largest absolute Gasteiger partial charge is 0.334 e. The average Bonchev–Trinajstić information content (AvgIpc) is 3.20. The number of rotatable bonds is 14. The van der Waals surface area contributed by atoms with Gasteiger partial charge in [-0.3, -0.25) is 0 Å². The first-order valence-electron chi connectivity index (χ1n) is 10.9. The smallest absolute Gasteiger partial charge is 0.0948 e. The van der Waals surface area contributed by atoms with E-state index in [9.17, 15) is 0 Å². The Morgan fingerprint density at radius 1 is 0.846 bits per heavy atom. The summed E-state index contributed by atoms with van der Waals surface area (Å²) in [5.74, 6) is 0.696. The third-order valence-corrected chi connectivity index (χ3v) is 5.57. The van der Waals surface area contributed by atoms with Gasteiger partial charge >= 0.3 is 0 Å². The Labute approximate surface area is 161 Å². The first-order chi connectivity index (χ1) is 12.8. The van der Waals surface area contributed by atoms with Gasteiger partial charge in [0.25, 0.3) is 0 Å². The second kappa shape index (κ2) is 12.7. The highest BCUT2D eigenvalue weighted by Gasteiger charge is 2.22. The van der Waals surface area contributed by atoms with Gasteiger partial charge in [-0.25, -0.2) is 4.98 Å². The Hall–Kier alpha value is -1.57. The van der Waals surface area contributed by atoms with Crippen molar-refractivity contribution in [3.05, 3.63) is 54.6 Å². The molecule has 2 rings (SSSR count). The summed E-state index contributed by atoms with van der Waals surface area (Å²) in [5.41, 5.74) is 1.47. The molecule has 0 saturated carbocycles. The van der Waals surface area contributed by atoms with E-state index in [2.05, 4.69) is 59.9 Å². The molecule has 0 fully saturated rings. The summed E-state index contributed by atoms with van der Waals surface area (Å²) in [6.45, 7) is 4.59. The van der Waals surface area contributed by atoms with Gasteiger partial charge < -0.3 is 4.57 Å². The van der Waals surface area contributed by atoms with E-state index < -0.39 is 0 Å². The summed E-state index contributed by atoms with van der Waals surface area (Å²) in [7, 11) is 0. The highest BCUT2D eigenvalue weighted by Crippen LogP contribution is 2.31. The van der Waals surface area contributed by atoms with Crippen LogP contribution in [0.1, 0.15) is 89.7 Å². The summed E-state index contributed by atoms with van der Waals surface area (Å²) >= 11 is 0. The van der Waals surface area contributed by atoms with Gasteiger partial charge in [-0.1, -0.05) is 95.5 Å². The van der Waals surface area contributed by atoms with Crippen molar-refractivity contribution in [3.8, 4) is 0 Å². The molecule has 0 aliphatic carbocycles. The van der Waals surface area contributed by atoms with Gasteiger partial charge in [0, 0.05) is 18.4 Å². The lowest BCUT2D eigenvalue weighted by Crippen LogP contribution is -2.21. The molecule has 2 unspecified atom stereocenters. The quantitative estimate of drug-likeness (QED) is 0.327. The maximum atomic E-state index is 4.34. The van der Waals surface area contributed by atoms with E-state index in [-0.39, 0.29) is 0 Å². The first-order valence-corrected chi connectivity index (χ1v) is 10.9. The van der Waals surface area contributed by atoms with Crippen molar-refractivity contribution >= 4 is 0 Å². The van der Waals surface area contributed by atoms with E-state index in [0.717, 1.165) is 0 Å². The molecule has 2 aromatic rings. The predicted octanol–water partition coefficient (Wildman–Crippen LogP) is 7.22. The van der Waals surface area contributed by atoms with Crippen molar-refractivity contribution in [2.45, 2.75) is 90.5 Å². The summed E-state index contributed by atoms with van der Waals surface area (Å²) in [6, 6.07) is 11.6. The van der Waals surface area contributed by atoms with Crippen LogP contribution in [-0.4, -0.2) is 9.55 Å². The molecule has 0 bridgehead atoms.